The van der Waals surface area contributed by atoms with E-state index in [0.29, 0.717) is 18.2 Å². The number of ether oxygens (including phenoxy) is 2. The average molecular weight is 529 g/mol. The van der Waals surface area contributed by atoms with E-state index in [2.05, 4.69) is 29.2 Å². The Hall–Kier alpha value is -5.17. The van der Waals surface area contributed by atoms with Gasteiger partial charge in [0.2, 0.25) is 0 Å². The summed E-state index contributed by atoms with van der Waals surface area (Å²) in [5.74, 6) is 0.854. The zero-order valence-corrected chi connectivity index (χ0v) is 22.1. The van der Waals surface area contributed by atoms with Crippen molar-refractivity contribution in [3.8, 4) is 22.6 Å². The standard InChI is InChI=1S/C33H28N4O3/c1-2-39-32(38)20-23-9-6-7-14-31(23)40-21-29-28-19-22(25-12-8-13-27-26(25)17-18-35-33(27)34)15-16-30(28)37(36-29)24-10-4-3-5-11-24/h3-19H,2,20-21H2,1H3,(H2,34,35). The Morgan fingerprint density at radius 2 is 1.70 bits per heavy atom. The van der Waals surface area contributed by atoms with Crippen LogP contribution in [0.3, 0.4) is 0 Å². The number of rotatable bonds is 8. The first-order chi connectivity index (χ1) is 19.6. The molecular formula is C33H28N4O3. The van der Waals surface area contributed by atoms with Crippen LogP contribution in [0.2, 0.25) is 0 Å². The molecule has 0 fully saturated rings. The summed E-state index contributed by atoms with van der Waals surface area (Å²) in [4.78, 5) is 16.4. The van der Waals surface area contributed by atoms with Gasteiger partial charge in [-0.05, 0) is 59.8 Å². The topological polar surface area (TPSA) is 92.3 Å². The van der Waals surface area contributed by atoms with Crippen LogP contribution in [0.1, 0.15) is 18.2 Å². The Labute approximate surface area is 231 Å². The van der Waals surface area contributed by atoms with Gasteiger partial charge in [-0.2, -0.15) is 5.10 Å². The van der Waals surface area contributed by atoms with Gasteiger partial charge in [0.05, 0.1) is 24.2 Å². The van der Waals surface area contributed by atoms with E-state index in [1.165, 1.54) is 0 Å². The lowest BCUT2D eigenvalue weighted by atomic mass is 9.97. The minimum Gasteiger partial charge on any atom is -0.487 e. The van der Waals surface area contributed by atoms with Crippen LogP contribution in [-0.4, -0.2) is 27.3 Å². The van der Waals surface area contributed by atoms with Gasteiger partial charge in [-0.1, -0.05) is 60.7 Å². The molecule has 0 saturated carbocycles. The van der Waals surface area contributed by atoms with Crippen molar-refractivity contribution >= 4 is 33.5 Å². The number of nitrogens with zero attached hydrogens (tertiary/aromatic N) is 3. The highest BCUT2D eigenvalue weighted by atomic mass is 16.5. The molecule has 0 aliphatic carbocycles. The first kappa shape index (κ1) is 25.1. The summed E-state index contributed by atoms with van der Waals surface area (Å²) >= 11 is 0. The van der Waals surface area contributed by atoms with Gasteiger partial charge in [-0.25, -0.2) is 9.67 Å². The Balaban J connectivity index is 1.42. The second-order valence-electron chi connectivity index (χ2n) is 9.40. The highest BCUT2D eigenvalue weighted by Gasteiger charge is 2.16. The number of nitrogen functional groups attached to an aromatic ring is 1. The second kappa shape index (κ2) is 10.9. The first-order valence-corrected chi connectivity index (χ1v) is 13.2. The number of esters is 1. The number of hydrogen-bond acceptors (Lipinski definition) is 6. The molecule has 6 rings (SSSR count). The number of pyridine rings is 1. The maximum absolute atomic E-state index is 12.2. The fourth-order valence-electron chi connectivity index (χ4n) is 5.01. The zero-order valence-electron chi connectivity index (χ0n) is 22.1. The minimum atomic E-state index is -0.284. The first-order valence-electron chi connectivity index (χ1n) is 13.2. The van der Waals surface area contributed by atoms with Crippen LogP contribution >= 0.6 is 0 Å². The van der Waals surface area contributed by atoms with Gasteiger partial charge < -0.3 is 15.2 Å². The number of para-hydroxylation sites is 2. The largest absolute Gasteiger partial charge is 0.487 e. The summed E-state index contributed by atoms with van der Waals surface area (Å²) in [5, 5.41) is 7.91. The maximum Gasteiger partial charge on any atom is 0.310 e. The molecule has 4 aromatic carbocycles. The van der Waals surface area contributed by atoms with Gasteiger partial charge in [-0.15, -0.1) is 0 Å². The van der Waals surface area contributed by atoms with E-state index in [4.69, 9.17) is 20.3 Å². The Morgan fingerprint density at radius 3 is 2.55 bits per heavy atom. The molecule has 0 atom stereocenters. The number of carbonyl (C=O) groups excluding carboxylic acids is 1. The molecule has 2 heterocycles. The Morgan fingerprint density at radius 1 is 0.875 bits per heavy atom. The number of anilines is 1. The number of carbonyl (C=O) groups is 1. The molecule has 0 saturated heterocycles. The molecule has 2 aromatic heterocycles. The fraction of sp³-hybridized carbons (Fsp3) is 0.121. The molecule has 0 unspecified atom stereocenters. The zero-order chi connectivity index (χ0) is 27.5. The smallest absolute Gasteiger partial charge is 0.310 e. The SMILES string of the molecule is CCOC(=O)Cc1ccccc1OCc1nn(-c2ccccc2)c2ccc(-c3cccc4c(N)nccc34)cc12. The summed E-state index contributed by atoms with van der Waals surface area (Å²) in [5.41, 5.74) is 11.8. The molecule has 0 aliphatic rings. The van der Waals surface area contributed by atoms with Crippen LogP contribution in [0.4, 0.5) is 5.82 Å². The van der Waals surface area contributed by atoms with Crippen molar-refractivity contribution in [2.75, 3.05) is 12.3 Å². The van der Waals surface area contributed by atoms with Crippen LogP contribution in [-0.2, 0) is 22.6 Å². The molecule has 2 N–H and O–H groups in total. The van der Waals surface area contributed by atoms with Crippen molar-refractivity contribution in [1.29, 1.82) is 0 Å². The Kier molecular flexibility index (Phi) is 6.85. The molecule has 0 radical (unpaired) electrons. The number of hydrogen-bond donors (Lipinski definition) is 1. The van der Waals surface area contributed by atoms with Crippen LogP contribution in [0.5, 0.6) is 5.75 Å². The fourth-order valence-corrected chi connectivity index (χ4v) is 5.01. The van der Waals surface area contributed by atoms with Crippen LogP contribution in [0.15, 0.2) is 103 Å². The molecule has 7 nitrogen and oxygen atoms in total. The molecule has 6 aromatic rings. The van der Waals surface area contributed by atoms with Crippen LogP contribution in [0.25, 0.3) is 38.5 Å². The second-order valence-corrected chi connectivity index (χ2v) is 9.40. The quantitative estimate of drug-likeness (QED) is 0.227. The molecular weight excluding hydrogens is 500 g/mol. The van der Waals surface area contributed by atoms with Crippen LogP contribution < -0.4 is 10.5 Å². The maximum atomic E-state index is 12.2. The predicted molar refractivity (Wildman–Crippen MR) is 157 cm³/mol. The normalized spacial score (nSPS) is 11.1. The Bertz CT molecular complexity index is 1830. The monoisotopic (exact) mass is 528 g/mol. The van der Waals surface area contributed by atoms with Crippen molar-refractivity contribution in [3.05, 3.63) is 115 Å². The molecule has 40 heavy (non-hydrogen) atoms. The minimum absolute atomic E-state index is 0.145. The predicted octanol–water partition coefficient (Wildman–Crippen LogP) is 6.51. The van der Waals surface area contributed by atoms with E-state index >= 15 is 0 Å². The number of nitrogens with two attached hydrogens (primary N) is 1. The summed E-state index contributed by atoms with van der Waals surface area (Å²) < 4.78 is 13.4. The van der Waals surface area contributed by atoms with Gasteiger partial charge >= 0.3 is 5.97 Å². The molecule has 198 valence electrons. The molecule has 7 heteroatoms. The summed E-state index contributed by atoms with van der Waals surface area (Å²) in [7, 11) is 0. The highest BCUT2D eigenvalue weighted by Crippen LogP contribution is 2.34. The average Bonchev–Trinajstić information content (AvgIpc) is 3.35. The van der Waals surface area contributed by atoms with Gasteiger partial charge in [0.1, 0.15) is 23.9 Å². The molecule has 0 spiro atoms. The summed E-state index contributed by atoms with van der Waals surface area (Å²) in [6.07, 6.45) is 1.88. The van der Waals surface area contributed by atoms with E-state index < -0.39 is 0 Å². The third-order valence-corrected chi connectivity index (χ3v) is 6.88. The van der Waals surface area contributed by atoms with Gasteiger partial charge in [0.25, 0.3) is 0 Å². The van der Waals surface area contributed by atoms with Crippen molar-refractivity contribution in [1.82, 2.24) is 14.8 Å². The number of aromatic nitrogens is 3. The van der Waals surface area contributed by atoms with E-state index in [9.17, 15) is 4.79 Å². The molecule has 0 aliphatic heterocycles. The van der Waals surface area contributed by atoms with E-state index in [-0.39, 0.29) is 19.0 Å². The highest BCUT2D eigenvalue weighted by molar-refractivity contribution is 6.02. The van der Waals surface area contributed by atoms with Crippen molar-refractivity contribution < 1.29 is 14.3 Å². The number of fused-ring (bicyclic) bond motifs is 2. The third kappa shape index (κ3) is 4.85. The van der Waals surface area contributed by atoms with Gasteiger partial charge in [-0.3, -0.25) is 4.79 Å². The number of benzene rings is 4. The lowest BCUT2D eigenvalue weighted by Crippen LogP contribution is -2.09. The van der Waals surface area contributed by atoms with E-state index in [0.717, 1.165) is 49.7 Å². The summed E-state index contributed by atoms with van der Waals surface area (Å²) in [6, 6.07) is 32.0. The van der Waals surface area contributed by atoms with Gasteiger partial charge in [0.15, 0.2) is 0 Å². The van der Waals surface area contributed by atoms with Crippen molar-refractivity contribution in [2.24, 2.45) is 0 Å². The van der Waals surface area contributed by atoms with E-state index in [1.807, 2.05) is 77.5 Å². The third-order valence-electron chi connectivity index (χ3n) is 6.88. The lowest BCUT2D eigenvalue weighted by molar-refractivity contribution is -0.142. The lowest BCUT2D eigenvalue weighted by Gasteiger charge is -2.11. The van der Waals surface area contributed by atoms with E-state index in [1.54, 1.807) is 13.1 Å². The van der Waals surface area contributed by atoms with Crippen molar-refractivity contribution in [3.63, 3.8) is 0 Å². The van der Waals surface area contributed by atoms with Gasteiger partial charge in [0, 0.05) is 22.5 Å². The molecule has 0 bridgehead atoms. The summed E-state index contributed by atoms with van der Waals surface area (Å²) in [6.45, 7) is 2.37. The van der Waals surface area contributed by atoms with Crippen LogP contribution in [0, 0.1) is 0 Å². The van der Waals surface area contributed by atoms with Crippen molar-refractivity contribution in [2.45, 2.75) is 20.0 Å². The molecule has 0 amide bonds.